The molecule has 1 aromatic rings. The predicted molar refractivity (Wildman–Crippen MR) is 87.0 cm³/mol. The van der Waals surface area contributed by atoms with Crippen LogP contribution in [0.2, 0.25) is 0 Å². The van der Waals surface area contributed by atoms with E-state index in [4.69, 9.17) is 10.1 Å². The van der Waals surface area contributed by atoms with E-state index in [1.165, 1.54) is 49.9 Å². The van der Waals surface area contributed by atoms with Crippen LogP contribution in [0.15, 0.2) is 10.4 Å². The van der Waals surface area contributed by atoms with Crippen molar-refractivity contribution in [2.45, 2.75) is 44.1 Å². The summed E-state index contributed by atoms with van der Waals surface area (Å²) in [5, 5.41) is 10.9. The quantitative estimate of drug-likeness (QED) is 0.866. The van der Waals surface area contributed by atoms with Crippen LogP contribution in [0, 0.1) is 17.8 Å². The fraction of sp³-hybridized carbons (Fsp3) is 0.733. The van der Waals surface area contributed by atoms with Gasteiger partial charge in [0, 0.05) is 12.4 Å². The smallest absolute Gasteiger partial charge is 0.353 e. The van der Waals surface area contributed by atoms with Gasteiger partial charge in [-0.2, -0.15) is 0 Å². The zero-order chi connectivity index (χ0) is 13.9. The van der Waals surface area contributed by atoms with Crippen molar-refractivity contribution in [2.24, 2.45) is 29.8 Å². The van der Waals surface area contributed by atoms with Crippen molar-refractivity contribution >= 4 is 34.3 Å². The van der Waals surface area contributed by atoms with E-state index in [2.05, 4.69) is 0 Å². The molecule has 1 aromatic heterocycles. The minimum Gasteiger partial charge on any atom is -0.477 e. The lowest BCUT2D eigenvalue weighted by molar-refractivity contribution is -0.000386. The number of nitrogens with zero attached hydrogens (tertiary/aromatic N) is 2. The van der Waals surface area contributed by atoms with Gasteiger partial charge in [0.1, 0.15) is 5.69 Å². The minimum absolute atomic E-state index is 0. The molecular weight excluding hydrogens is 352 g/mol. The number of aromatic carboxylic acids is 1. The van der Waals surface area contributed by atoms with E-state index in [0.29, 0.717) is 5.69 Å². The highest BCUT2D eigenvalue weighted by Gasteiger charge is 2.51. The summed E-state index contributed by atoms with van der Waals surface area (Å²) in [5.74, 6) is 1.74. The van der Waals surface area contributed by atoms with Crippen LogP contribution in [0.5, 0.6) is 0 Å². The lowest BCUT2D eigenvalue weighted by Crippen LogP contribution is -2.50. The molecule has 6 heteroatoms. The van der Waals surface area contributed by atoms with Gasteiger partial charge in [-0.25, -0.2) is 4.79 Å². The number of thiazole rings is 1. The Hall–Kier alpha value is -0.620. The summed E-state index contributed by atoms with van der Waals surface area (Å²) in [6, 6.07) is 0. The number of hydrogen-bond donors (Lipinski definition) is 1. The van der Waals surface area contributed by atoms with Crippen molar-refractivity contribution in [1.29, 1.82) is 0 Å². The average molecular weight is 373 g/mol. The molecule has 21 heavy (non-hydrogen) atoms. The van der Waals surface area contributed by atoms with Gasteiger partial charge in [0.2, 0.25) is 0 Å². The molecule has 0 aromatic carbocycles. The number of carbonyl (C=O) groups is 1. The fourth-order valence-electron chi connectivity index (χ4n) is 5.07. The molecule has 0 saturated heterocycles. The van der Waals surface area contributed by atoms with Crippen LogP contribution in [0.4, 0.5) is 0 Å². The minimum atomic E-state index is -0.865. The van der Waals surface area contributed by atoms with Gasteiger partial charge >= 0.3 is 5.97 Å². The van der Waals surface area contributed by atoms with Gasteiger partial charge in [0.15, 0.2) is 4.80 Å². The van der Waals surface area contributed by atoms with Gasteiger partial charge in [-0.05, 0) is 56.3 Å². The van der Waals surface area contributed by atoms with Crippen molar-refractivity contribution in [3.63, 3.8) is 0 Å². The second-order valence-corrected chi connectivity index (χ2v) is 7.86. The number of aromatic nitrogens is 1. The summed E-state index contributed by atoms with van der Waals surface area (Å²) in [4.78, 5) is 17.1. The Balaban J connectivity index is 0.00000132. The molecule has 0 aliphatic heterocycles. The van der Waals surface area contributed by atoms with Crippen LogP contribution in [0.1, 0.15) is 49.0 Å². The van der Waals surface area contributed by atoms with E-state index in [0.717, 1.165) is 22.6 Å². The van der Waals surface area contributed by atoms with E-state index in [9.17, 15) is 4.79 Å². The molecule has 1 heterocycles. The third kappa shape index (κ3) is 2.50. The second-order valence-electron chi connectivity index (χ2n) is 7.02. The second kappa shape index (κ2) is 5.23. The molecule has 4 fully saturated rings. The predicted octanol–water partition coefficient (Wildman–Crippen LogP) is 3.23. The summed E-state index contributed by atoms with van der Waals surface area (Å²) in [7, 11) is 1.82. The fourth-order valence-corrected chi connectivity index (χ4v) is 6.05. The van der Waals surface area contributed by atoms with Gasteiger partial charge in [-0.1, -0.05) is 0 Å². The van der Waals surface area contributed by atoms with Crippen molar-refractivity contribution in [3.8, 4) is 0 Å². The first-order valence-corrected chi connectivity index (χ1v) is 8.36. The van der Waals surface area contributed by atoms with Gasteiger partial charge in [0.05, 0.1) is 5.54 Å². The maximum Gasteiger partial charge on any atom is 0.353 e. The van der Waals surface area contributed by atoms with E-state index in [-0.39, 0.29) is 22.5 Å². The highest BCUT2D eigenvalue weighted by Crippen LogP contribution is 2.57. The lowest BCUT2D eigenvalue weighted by Gasteiger charge is -2.54. The van der Waals surface area contributed by atoms with Gasteiger partial charge in [-0.15, -0.1) is 28.3 Å². The molecule has 5 rings (SSSR count). The molecule has 4 bridgehead atoms. The topological polar surface area (TPSA) is 54.6 Å². The largest absolute Gasteiger partial charge is 0.477 e. The Labute approximate surface area is 138 Å². The van der Waals surface area contributed by atoms with Crippen molar-refractivity contribution in [3.05, 3.63) is 15.9 Å². The molecule has 0 unspecified atom stereocenters. The summed E-state index contributed by atoms with van der Waals surface area (Å²) in [6.07, 6.45) is 7.89. The summed E-state index contributed by atoms with van der Waals surface area (Å²) < 4.78 is 1.74. The van der Waals surface area contributed by atoms with E-state index < -0.39 is 5.97 Å². The standard InChI is InChI=1S/C15H20N2O2S.BrH/c1-17-12(13(18)19)8-20-14(17)16-15-5-9-2-10(6-15)4-11(3-9)7-15;/h8-11H,2-7H2,1H3,(H,18,19);1H. The lowest BCUT2D eigenvalue weighted by atomic mass is 9.53. The third-order valence-corrected chi connectivity index (χ3v) is 6.40. The first-order valence-electron chi connectivity index (χ1n) is 7.48. The number of rotatable bonds is 2. The Bertz CT molecular complexity index is 599. The van der Waals surface area contributed by atoms with Crippen LogP contribution in [0.25, 0.3) is 0 Å². The molecular formula is C15H21BrN2O2S. The van der Waals surface area contributed by atoms with Crippen molar-refractivity contribution in [1.82, 2.24) is 4.57 Å². The molecule has 0 radical (unpaired) electrons. The first-order chi connectivity index (χ1) is 9.55. The monoisotopic (exact) mass is 372 g/mol. The summed E-state index contributed by atoms with van der Waals surface area (Å²) in [5.41, 5.74) is 0.464. The van der Waals surface area contributed by atoms with E-state index in [1.54, 1.807) is 9.95 Å². The molecule has 4 nitrogen and oxygen atoms in total. The Morgan fingerprint density at radius 3 is 2.24 bits per heavy atom. The molecule has 0 amide bonds. The van der Waals surface area contributed by atoms with Gasteiger partial charge < -0.3 is 9.67 Å². The zero-order valence-corrected chi connectivity index (χ0v) is 14.6. The average Bonchev–Trinajstić information content (AvgIpc) is 2.68. The molecule has 4 aliphatic rings. The molecule has 4 aliphatic carbocycles. The van der Waals surface area contributed by atoms with Crippen LogP contribution < -0.4 is 4.80 Å². The number of hydrogen-bond acceptors (Lipinski definition) is 3. The third-order valence-electron chi connectivity index (χ3n) is 5.48. The Morgan fingerprint density at radius 2 is 1.81 bits per heavy atom. The Morgan fingerprint density at radius 1 is 1.29 bits per heavy atom. The normalized spacial score (nSPS) is 37.6. The van der Waals surface area contributed by atoms with Crippen LogP contribution in [0.3, 0.4) is 0 Å². The highest BCUT2D eigenvalue weighted by molar-refractivity contribution is 8.93. The molecule has 4 saturated carbocycles. The molecule has 0 spiro atoms. The van der Waals surface area contributed by atoms with Crippen molar-refractivity contribution < 1.29 is 9.90 Å². The van der Waals surface area contributed by atoms with Crippen LogP contribution >= 0.6 is 28.3 Å². The van der Waals surface area contributed by atoms with Crippen molar-refractivity contribution in [2.75, 3.05) is 0 Å². The Kier molecular flexibility index (Phi) is 3.81. The van der Waals surface area contributed by atoms with Crippen LogP contribution in [-0.4, -0.2) is 21.2 Å². The number of halogens is 1. The zero-order valence-electron chi connectivity index (χ0n) is 12.1. The molecule has 0 atom stereocenters. The SMILES string of the molecule is Br.Cn1c(C(=O)O)csc1=NC12CC3CC(CC(C3)C1)C2. The van der Waals surface area contributed by atoms with E-state index in [1.807, 2.05) is 7.05 Å². The highest BCUT2D eigenvalue weighted by atomic mass is 79.9. The van der Waals surface area contributed by atoms with Gasteiger partial charge in [-0.3, -0.25) is 4.99 Å². The molecule has 1 N–H and O–H groups in total. The first kappa shape index (κ1) is 15.3. The van der Waals surface area contributed by atoms with E-state index >= 15 is 0 Å². The number of carboxylic acids is 1. The number of carboxylic acid groups (broad SMARTS) is 1. The maximum atomic E-state index is 11.1. The van der Waals surface area contributed by atoms with Crippen LogP contribution in [-0.2, 0) is 7.05 Å². The molecule has 116 valence electrons. The summed E-state index contributed by atoms with van der Waals surface area (Å²) >= 11 is 1.47. The maximum absolute atomic E-state index is 11.1. The summed E-state index contributed by atoms with van der Waals surface area (Å²) in [6.45, 7) is 0. The van der Waals surface area contributed by atoms with Gasteiger partial charge in [0.25, 0.3) is 0 Å².